The van der Waals surface area contributed by atoms with Gasteiger partial charge >= 0.3 is 0 Å². The number of anilines is 1. The fraction of sp³-hybridized carbons (Fsp3) is 0.222. The molecule has 1 aliphatic carbocycles. The highest BCUT2D eigenvalue weighted by Crippen LogP contribution is 2.32. The maximum Gasteiger partial charge on any atom is 0.255 e. The number of benzene rings is 3. The highest BCUT2D eigenvalue weighted by molar-refractivity contribution is 7.89. The van der Waals surface area contributed by atoms with E-state index in [1.54, 1.807) is 42.5 Å². The number of ketones is 2. The first-order valence-corrected chi connectivity index (χ1v) is 13.0. The van der Waals surface area contributed by atoms with Crippen molar-refractivity contribution in [1.82, 2.24) is 4.31 Å². The molecular weight excluding hydrogens is 464 g/mol. The quantitative estimate of drug-likeness (QED) is 0.391. The number of carbonyl (C=O) groups is 3. The fourth-order valence-corrected chi connectivity index (χ4v) is 5.85. The molecule has 0 heterocycles. The number of carbonyl (C=O) groups excluding carboxylic acids is 3. The summed E-state index contributed by atoms with van der Waals surface area (Å²) in [5.41, 5.74) is 1.48. The number of nitrogens with zero attached hydrogens (tertiary/aromatic N) is 1. The summed E-state index contributed by atoms with van der Waals surface area (Å²) in [6, 6.07) is 17.1. The molecular formula is C27H26N2O5S. The number of sulfonamides is 1. The molecule has 8 heteroatoms. The van der Waals surface area contributed by atoms with Crippen molar-refractivity contribution in [2.45, 2.75) is 31.6 Å². The largest absolute Gasteiger partial charge is 0.321 e. The number of amides is 1. The predicted molar refractivity (Wildman–Crippen MR) is 133 cm³/mol. The van der Waals surface area contributed by atoms with E-state index in [1.807, 2.05) is 13.8 Å². The lowest BCUT2D eigenvalue weighted by Gasteiger charge is -2.21. The smallest absolute Gasteiger partial charge is 0.255 e. The van der Waals surface area contributed by atoms with Crippen LogP contribution in [0.1, 0.15) is 68.9 Å². The van der Waals surface area contributed by atoms with Gasteiger partial charge in [0.1, 0.15) is 0 Å². The maximum absolute atomic E-state index is 13.1. The normalized spacial score (nSPS) is 12.9. The van der Waals surface area contributed by atoms with Gasteiger partial charge in [-0.1, -0.05) is 50.2 Å². The second kappa shape index (κ2) is 9.93. The minimum Gasteiger partial charge on any atom is -0.321 e. The van der Waals surface area contributed by atoms with Gasteiger partial charge in [-0.2, -0.15) is 4.31 Å². The van der Waals surface area contributed by atoms with Crippen LogP contribution in [0.5, 0.6) is 0 Å². The van der Waals surface area contributed by atoms with Crippen molar-refractivity contribution < 1.29 is 22.8 Å². The van der Waals surface area contributed by atoms with Gasteiger partial charge < -0.3 is 5.32 Å². The first kappa shape index (κ1) is 24.5. The summed E-state index contributed by atoms with van der Waals surface area (Å²) in [7, 11) is -3.66. The van der Waals surface area contributed by atoms with Gasteiger partial charge in [-0.3, -0.25) is 14.4 Å². The molecule has 3 aromatic rings. The van der Waals surface area contributed by atoms with Crippen molar-refractivity contribution in [3.8, 4) is 0 Å². The van der Waals surface area contributed by atoms with Crippen molar-refractivity contribution >= 4 is 33.2 Å². The van der Waals surface area contributed by atoms with Gasteiger partial charge in [0.15, 0.2) is 11.6 Å². The van der Waals surface area contributed by atoms with Crippen LogP contribution in [0.15, 0.2) is 71.6 Å². The van der Waals surface area contributed by atoms with Crippen molar-refractivity contribution in [2.24, 2.45) is 0 Å². The summed E-state index contributed by atoms with van der Waals surface area (Å²) in [6.07, 6.45) is 1.40. The predicted octanol–water partition coefficient (Wildman–Crippen LogP) is 4.53. The van der Waals surface area contributed by atoms with E-state index < -0.39 is 15.9 Å². The van der Waals surface area contributed by atoms with Crippen LogP contribution in [0.25, 0.3) is 0 Å². The zero-order valence-corrected chi connectivity index (χ0v) is 20.4. The third kappa shape index (κ3) is 4.54. The highest BCUT2D eigenvalue weighted by Gasteiger charge is 2.32. The zero-order chi connectivity index (χ0) is 25.2. The van der Waals surface area contributed by atoms with E-state index in [-0.39, 0.29) is 38.8 Å². The second-order valence-electron chi connectivity index (χ2n) is 8.31. The fourth-order valence-electron chi connectivity index (χ4n) is 4.22. The summed E-state index contributed by atoms with van der Waals surface area (Å²) >= 11 is 0. The Morgan fingerprint density at radius 2 is 1.34 bits per heavy atom. The molecule has 0 spiro atoms. The molecule has 0 aliphatic heterocycles. The Labute approximate surface area is 204 Å². The van der Waals surface area contributed by atoms with Gasteiger partial charge in [-0.25, -0.2) is 8.42 Å². The Morgan fingerprint density at radius 1 is 0.771 bits per heavy atom. The van der Waals surface area contributed by atoms with Crippen molar-refractivity contribution in [3.63, 3.8) is 0 Å². The molecule has 1 amide bonds. The van der Waals surface area contributed by atoms with Crippen LogP contribution < -0.4 is 5.32 Å². The lowest BCUT2D eigenvalue weighted by Crippen LogP contribution is -2.32. The summed E-state index contributed by atoms with van der Waals surface area (Å²) in [6.45, 7) is 4.69. The van der Waals surface area contributed by atoms with Crippen LogP contribution in [0, 0.1) is 0 Å². The lowest BCUT2D eigenvalue weighted by molar-refractivity contribution is 0.0978. The number of rotatable bonds is 8. The topological polar surface area (TPSA) is 101 Å². The molecule has 7 nitrogen and oxygen atoms in total. The van der Waals surface area contributed by atoms with Gasteiger partial charge in [0.2, 0.25) is 10.0 Å². The van der Waals surface area contributed by atoms with Gasteiger partial charge in [0.25, 0.3) is 5.91 Å². The number of nitrogens with one attached hydrogen (secondary N) is 1. The molecule has 0 atom stereocenters. The number of fused-ring (bicyclic) bond motifs is 2. The molecule has 1 aliphatic rings. The highest BCUT2D eigenvalue weighted by atomic mass is 32.2. The molecule has 0 aromatic heterocycles. The molecule has 0 saturated carbocycles. The average Bonchev–Trinajstić information content (AvgIpc) is 2.87. The minimum atomic E-state index is -3.66. The number of hydrogen-bond donors (Lipinski definition) is 1. The van der Waals surface area contributed by atoms with Crippen LogP contribution in [0.2, 0.25) is 0 Å². The standard InChI is InChI=1S/C27H26N2O5S/c1-3-16-29(17-4-2)35(33,34)19-14-12-18(13-15-19)27(32)28-23-11-7-10-22-24(23)26(31)21-9-6-5-8-20(21)25(22)30/h5-15H,3-4,16-17H2,1-2H3,(H,28,32). The van der Waals surface area contributed by atoms with Crippen LogP contribution in [0.3, 0.4) is 0 Å². The van der Waals surface area contributed by atoms with E-state index in [0.717, 1.165) is 0 Å². The molecule has 3 aromatic carbocycles. The SMILES string of the molecule is CCCN(CCC)S(=O)(=O)c1ccc(C(=O)Nc2cccc3c2C(=O)c2ccccc2C3=O)cc1. The molecule has 0 fully saturated rings. The summed E-state index contributed by atoms with van der Waals surface area (Å²) in [5.74, 6) is -1.12. The summed E-state index contributed by atoms with van der Waals surface area (Å²) < 4.78 is 27.4. The number of hydrogen-bond acceptors (Lipinski definition) is 5. The van der Waals surface area contributed by atoms with Crippen LogP contribution in [-0.2, 0) is 10.0 Å². The summed E-state index contributed by atoms with van der Waals surface area (Å²) in [5, 5.41) is 2.72. The van der Waals surface area contributed by atoms with Crippen molar-refractivity contribution in [1.29, 1.82) is 0 Å². The summed E-state index contributed by atoms with van der Waals surface area (Å²) in [4.78, 5) is 39.1. The monoisotopic (exact) mass is 490 g/mol. The van der Waals surface area contributed by atoms with Gasteiger partial charge in [-0.05, 0) is 43.2 Å². The van der Waals surface area contributed by atoms with Crippen LogP contribution in [0.4, 0.5) is 5.69 Å². The molecule has 35 heavy (non-hydrogen) atoms. The molecule has 1 N–H and O–H groups in total. The van der Waals surface area contributed by atoms with Gasteiger partial charge in [0.05, 0.1) is 16.1 Å². The van der Waals surface area contributed by atoms with E-state index in [4.69, 9.17) is 0 Å². The maximum atomic E-state index is 13.1. The van der Waals surface area contributed by atoms with Crippen LogP contribution >= 0.6 is 0 Å². The van der Waals surface area contributed by atoms with Gasteiger partial charge in [-0.15, -0.1) is 0 Å². The minimum absolute atomic E-state index is 0.116. The molecule has 0 unspecified atom stereocenters. The Bertz CT molecular complexity index is 1410. The zero-order valence-electron chi connectivity index (χ0n) is 19.6. The molecule has 4 rings (SSSR count). The van der Waals surface area contributed by atoms with E-state index in [0.29, 0.717) is 37.1 Å². The van der Waals surface area contributed by atoms with E-state index in [9.17, 15) is 22.8 Å². The molecule has 0 bridgehead atoms. The third-order valence-electron chi connectivity index (χ3n) is 5.90. The molecule has 180 valence electrons. The van der Waals surface area contributed by atoms with Gasteiger partial charge in [0, 0.05) is 35.3 Å². The average molecular weight is 491 g/mol. The van der Waals surface area contributed by atoms with E-state index >= 15 is 0 Å². The Hall–Kier alpha value is -3.62. The third-order valence-corrected chi connectivity index (χ3v) is 7.81. The first-order valence-electron chi connectivity index (χ1n) is 11.5. The van der Waals surface area contributed by atoms with Crippen LogP contribution in [-0.4, -0.2) is 43.3 Å². The van der Waals surface area contributed by atoms with Crippen molar-refractivity contribution in [3.05, 3.63) is 94.5 Å². The Morgan fingerprint density at radius 3 is 1.94 bits per heavy atom. The van der Waals surface area contributed by atoms with E-state index in [2.05, 4.69) is 5.32 Å². The Balaban J connectivity index is 1.60. The Kier molecular flexibility index (Phi) is 6.95. The van der Waals surface area contributed by atoms with E-state index in [1.165, 1.54) is 28.6 Å². The molecule has 0 radical (unpaired) electrons. The van der Waals surface area contributed by atoms with Crippen molar-refractivity contribution in [2.75, 3.05) is 18.4 Å². The second-order valence-corrected chi connectivity index (χ2v) is 10.3. The first-order chi connectivity index (χ1) is 16.8. The lowest BCUT2D eigenvalue weighted by atomic mass is 9.83. The molecule has 0 saturated heterocycles.